The first-order valence-corrected chi connectivity index (χ1v) is 8.94. The number of hydrogen-bond acceptors (Lipinski definition) is 6. The van der Waals surface area contributed by atoms with Crippen LogP contribution >= 0.6 is 0 Å². The first-order valence-electron chi connectivity index (χ1n) is 8.94. The molecule has 4 atom stereocenters. The van der Waals surface area contributed by atoms with E-state index >= 15 is 0 Å². The molecule has 0 amide bonds. The maximum absolute atomic E-state index is 11.6. The lowest BCUT2D eigenvalue weighted by molar-refractivity contribution is -0.179. The quantitative estimate of drug-likeness (QED) is 0.549. The van der Waals surface area contributed by atoms with Crippen LogP contribution in [0.3, 0.4) is 0 Å². The maximum atomic E-state index is 11.6. The molecule has 0 aromatic heterocycles. The van der Waals surface area contributed by atoms with Gasteiger partial charge in [0.05, 0.1) is 31.5 Å². The van der Waals surface area contributed by atoms with Crippen LogP contribution < -0.4 is 0 Å². The Bertz CT molecular complexity index is 880. The number of aliphatic hydroxyl groups is 3. The molecule has 2 aromatic rings. The van der Waals surface area contributed by atoms with Gasteiger partial charge in [0.1, 0.15) is 12.2 Å². The van der Waals surface area contributed by atoms with Crippen LogP contribution in [0.5, 0.6) is 0 Å². The van der Waals surface area contributed by atoms with E-state index in [-0.39, 0.29) is 13.0 Å². The minimum Gasteiger partial charge on any atom is -0.465 e. The summed E-state index contributed by atoms with van der Waals surface area (Å²) in [7, 11) is 1.33. The van der Waals surface area contributed by atoms with E-state index in [2.05, 4.69) is 11.8 Å². The van der Waals surface area contributed by atoms with Crippen molar-refractivity contribution in [1.29, 1.82) is 0 Å². The fraction of sp³-hybridized carbons (Fsp3) is 0.318. The summed E-state index contributed by atoms with van der Waals surface area (Å²) >= 11 is 0. The van der Waals surface area contributed by atoms with Gasteiger partial charge in [-0.3, -0.25) is 0 Å². The molecule has 2 aromatic carbocycles. The Balaban J connectivity index is 1.75. The fourth-order valence-corrected chi connectivity index (χ4v) is 3.09. The van der Waals surface area contributed by atoms with Gasteiger partial charge >= 0.3 is 5.97 Å². The molecule has 3 N–H and O–H groups in total. The molecule has 6 nitrogen and oxygen atoms in total. The molecule has 1 aliphatic rings. The lowest BCUT2D eigenvalue weighted by Crippen LogP contribution is -2.44. The van der Waals surface area contributed by atoms with Crippen molar-refractivity contribution in [3.8, 4) is 11.8 Å². The van der Waals surface area contributed by atoms with Crippen molar-refractivity contribution in [2.45, 2.75) is 30.8 Å². The molecule has 1 heterocycles. The van der Waals surface area contributed by atoms with Gasteiger partial charge in [0.25, 0.3) is 0 Å². The summed E-state index contributed by atoms with van der Waals surface area (Å²) in [5, 5.41) is 29.4. The average molecular weight is 382 g/mol. The second-order valence-corrected chi connectivity index (χ2v) is 6.60. The molecule has 146 valence electrons. The lowest BCUT2D eigenvalue weighted by Gasteiger charge is -2.36. The van der Waals surface area contributed by atoms with Crippen LogP contribution in [-0.2, 0) is 9.47 Å². The lowest BCUT2D eigenvalue weighted by atomic mass is 9.93. The largest absolute Gasteiger partial charge is 0.465 e. The van der Waals surface area contributed by atoms with Gasteiger partial charge in [-0.05, 0) is 35.9 Å². The summed E-state index contributed by atoms with van der Waals surface area (Å²) in [4.78, 5) is 11.6. The summed E-state index contributed by atoms with van der Waals surface area (Å²) in [6, 6.07) is 14.0. The zero-order chi connectivity index (χ0) is 20.1. The average Bonchev–Trinajstić information content (AvgIpc) is 2.74. The standard InChI is InChI=1S/C22H22O6/c1-27-22(26)17-4-2-3-15(11-17)6-5-14-7-9-16(10-8-14)21-20(25)19(24)12-18(13-23)28-21/h2-4,7-11,18-21,23-25H,12-13H2,1H3/t18?,19?,20?,21-/m1/s1. The van der Waals surface area contributed by atoms with Crippen molar-refractivity contribution in [3.05, 3.63) is 70.8 Å². The summed E-state index contributed by atoms with van der Waals surface area (Å²) < 4.78 is 10.4. The van der Waals surface area contributed by atoms with Crippen molar-refractivity contribution in [2.75, 3.05) is 13.7 Å². The molecule has 28 heavy (non-hydrogen) atoms. The van der Waals surface area contributed by atoms with Gasteiger partial charge in [-0.25, -0.2) is 4.79 Å². The van der Waals surface area contributed by atoms with Gasteiger partial charge in [0.2, 0.25) is 0 Å². The molecule has 3 unspecified atom stereocenters. The first kappa shape index (κ1) is 20.1. The van der Waals surface area contributed by atoms with Crippen LogP contribution in [0.4, 0.5) is 0 Å². The Morgan fingerprint density at radius 2 is 1.86 bits per heavy atom. The Morgan fingerprint density at radius 3 is 2.54 bits per heavy atom. The van der Waals surface area contributed by atoms with Gasteiger partial charge in [-0.1, -0.05) is 30.0 Å². The van der Waals surface area contributed by atoms with Crippen LogP contribution in [0.2, 0.25) is 0 Å². The molecule has 6 heteroatoms. The zero-order valence-corrected chi connectivity index (χ0v) is 15.4. The van der Waals surface area contributed by atoms with Gasteiger partial charge in [0.15, 0.2) is 0 Å². The number of aliphatic hydroxyl groups excluding tert-OH is 3. The van der Waals surface area contributed by atoms with E-state index in [1.54, 1.807) is 48.5 Å². The zero-order valence-electron chi connectivity index (χ0n) is 15.4. The van der Waals surface area contributed by atoms with E-state index in [0.29, 0.717) is 16.7 Å². The summed E-state index contributed by atoms with van der Waals surface area (Å²) in [6.07, 6.45) is -3.02. The summed E-state index contributed by atoms with van der Waals surface area (Å²) in [5.41, 5.74) is 2.57. The normalized spacial score (nSPS) is 24.1. The number of esters is 1. The van der Waals surface area contributed by atoms with Crippen molar-refractivity contribution in [3.63, 3.8) is 0 Å². The van der Waals surface area contributed by atoms with Gasteiger partial charge in [-0.15, -0.1) is 0 Å². The molecule has 1 fully saturated rings. The number of benzene rings is 2. The highest BCUT2D eigenvalue weighted by Gasteiger charge is 2.37. The molecule has 1 saturated heterocycles. The second kappa shape index (κ2) is 9.00. The van der Waals surface area contributed by atoms with Crippen molar-refractivity contribution < 1.29 is 29.6 Å². The Hall–Kier alpha value is -2.69. The number of carbonyl (C=O) groups is 1. The molecule has 3 rings (SSSR count). The number of rotatable bonds is 3. The van der Waals surface area contributed by atoms with Crippen LogP contribution in [0.25, 0.3) is 0 Å². The third-order valence-corrected chi connectivity index (χ3v) is 4.63. The molecule has 0 saturated carbocycles. The Morgan fingerprint density at radius 1 is 1.14 bits per heavy atom. The van der Waals surface area contributed by atoms with E-state index in [4.69, 9.17) is 9.47 Å². The minimum atomic E-state index is -1.05. The van der Waals surface area contributed by atoms with Crippen LogP contribution in [-0.4, -0.2) is 53.3 Å². The third-order valence-electron chi connectivity index (χ3n) is 4.63. The topological polar surface area (TPSA) is 96.2 Å². The van der Waals surface area contributed by atoms with E-state index < -0.39 is 30.4 Å². The fourth-order valence-electron chi connectivity index (χ4n) is 3.09. The smallest absolute Gasteiger partial charge is 0.337 e. The second-order valence-electron chi connectivity index (χ2n) is 6.60. The molecule has 1 aliphatic heterocycles. The monoisotopic (exact) mass is 382 g/mol. The van der Waals surface area contributed by atoms with Crippen LogP contribution in [0.1, 0.15) is 39.6 Å². The van der Waals surface area contributed by atoms with E-state index in [1.165, 1.54) is 7.11 Å². The number of ether oxygens (including phenoxy) is 2. The van der Waals surface area contributed by atoms with E-state index in [9.17, 15) is 20.1 Å². The maximum Gasteiger partial charge on any atom is 0.337 e. The van der Waals surface area contributed by atoms with E-state index in [1.807, 2.05) is 0 Å². The van der Waals surface area contributed by atoms with Crippen molar-refractivity contribution in [1.82, 2.24) is 0 Å². The molecule has 0 radical (unpaired) electrons. The molecular formula is C22H22O6. The van der Waals surface area contributed by atoms with Crippen LogP contribution in [0, 0.1) is 11.8 Å². The molecule has 0 aliphatic carbocycles. The molecule has 0 bridgehead atoms. The number of hydrogen-bond donors (Lipinski definition) is 3. The minimum absolute atomic E-state index is 0.197. The van der Waals surface area contributed by atoms with Crippen LogP contribution in [0.15, 0.2) is 48.5 Å². The predicted molar refractivity (Wildman–Crippen MR) is 102 cm³/mol. The highest BCUT2D eigenvalue weighted by atomic mass is 16.5. The Kier molecular flexibility index (Phi) is 6.45. The van der Waals surface area contributed by atoms with Gasteiger partial charge in [-0.2, -0.15) is 0 Å². The molecule has 0 spiro atoms. The van der Waals surface area contributed by atoms with Crippen molar-refractivity contribution >= 4 is 5.97 Å². The summed E-state index contributed by atoms with van der Waals surface area (Å²) in [6.45, 7) is -0.214. The SMILES string of the molecule is COC(=O)c1cccc(C#Cc2ccc([C@H]3OC(CO)CC(O)C3O)cc2)c1. The van der Waals surface area contributed by atoms with Gasteiger partial charge < -0.3 is 24.8 Å². The van der Waals surface area contributed by atoms with Gasteiger partial charge in [0, 0.05) is 17.5 Å². The number of carbonyl (C=O) groups excluding carboxylic acids is 1. The third kappa shape index (κ3) is 4.58. The highest BCUT2D eigenvalue weighted by Crippen LogP contribution is 2.32. The first-order chi connectivity index (χ1) is 13.5. The van der Waals surface area contributed by atoms with E-state index in [0.717, 1.165) is 5.56 Å². The molecular weight excluding hydrogens is 360 g/mol. The highest BCUT2D eigenvalue weighted by molar-refractivity contribution is 5.89. The number of methoxy groups -OCH3 is 1. The van der Waals surface area contributed by atoms with Crippen molar-refractivity contribution in [2.24, 2.45) is 0 Å². The Labute approximate surface area is 163 Å². The summed E-state index contributed by atoms with van der Waals surface area (Å²) in [5.74, 6) is 5.61. The predicted octanol–water partition coefficient (Wildman–Crippen LogP) is 1.42.